The van der Waals surface area contributed by atoms with Crippen LogP contribution in [0.4, 0.5) is 17.1 Å². The van der Waals surface area contributed by atoms with Crippen molar-refractivity contribution >= 4 is 52.4 Å². The molecule has 3 aromatic carbocycles. The number of anilines is 3. The molecule has 0 atom stereocenters. The van der Waals surface area contributed by atoms with Gasteiger partial charge in [0.2, 0.25) is 5.91 Å². The molecule has 0 saturated carbocycles. The smallest absolute Gasteiger partial charge is 0.248 e. The van der Waals surface area contributed by atoms with Crippen molar-refractivity contribution in [2.24, 2.45) is 0 Å². The summed E-state index contributed by atoms with van der Waals surface area (Å²) in [6, 6.07) is 19.3. The standard InChI is InChI=1S/C33H35N3O4.ClH/c1-21(2)40-25-14-9-22(10-15-25)11-18-32(37)34-23-12-16-29-27(19-23)33(26-7-5-6-8-28(26)36-29)35-24-13-17-30(38-3)31(20-24)39-4;/h9-21H,5-8H2,1-4H3,(H,34,37)(H,35,36);1H. The number of halogens is 1. The minimum absolute atomic E-state index is 0. The number of aromatic nitrogens is 1. The molecule has 8 heteroatoms. The third kappa shape index (κ3) is 7.11. The molecule has 0 fully saturated rings. The Morgan fingerprint density at radius 3 is 2.37 bits per heavy atom. The van der Waals surface area contributed by atoms with E-state index in [2.05, 4.69) is 10.6 Å². The second-order valence-electron chi connectivity index (χ2n) is 10.1. The molecule has 2 N–H and O–H groups in total. The van der Waals surface area contributed by atoms with E-state index in [0.717, 1.165) is 65.0 Å². The van der Waals surface area contributed by atoms with Crippen LogP contribution < -0.4 is 24.8 Å². The third-order valence-corrected chi connectivity index (χ3v) is 6.86. The number of aryl methyl sites for hydroxylation is 1. The highest BCUT2D eigenvalue weighted by Gasteiger charge is 2.19. The molecule has 0 aliphatic heterocycles. The lowest BCUT2D eigenvalue weighted by atomic mass is 9.92. The number of hydrogen-bond acceptors (Lipinski definition) is 6. The number of benzene rings is 3. The molecule has 1 aliphatic rings. The molecule has 7 nitrogen and oxygen atoms in total. The lowest BCUT2D eigenvalue weighted by Crippen LogP contribution is -2.11. The van der Waals surface area contributed by atoms with Crippen molar-refractivity contribution in [1.29, 1.82) is 0 Å². The molecule has 4 aromatic rings. The molecule has 41 heavy (non-hydrogen) atoms. The Balaban J connectivity index is 0.00000387. The summed E-state index contributed by atoms with van der Waals surface area (Å²) < 4.78 is 16.6. The fourth-order valence-electron chi connectivity index (χ4n) is 4.99. The molecule has 1 aliphatic carbocycles. The van der Waals surface area contributed by atoms with Gasteiger partial charge in [-0.25, -0.2) is 0 Å². The summed E-state index contributed by atoms with van der Waals surface area (Å²) in [6.07, 6.45) is 7.61. The van der Waals surface area contributed by atoms with Gasteiger partial charge in [0.1, 0.15) is 5.75 Å². The van der Waals surface area contributed by atoms with E-state index in [0.29, 0.717) is 17.2 Å². The Labute approximate surface area is 247 Å². The number of pyridine rings is 1. The molecule has 1 heterocycles. The van der Waals surface area contributed by atoms with Gasteiger partial charge < -0.3 is 24.8 Å². The Bertz CT molecular complexity index is 1550. The Kier molecular flexibility index (Phi) is 9.73. The van der Waals surface area contributed by atoms with Crippen LogP contribution in [0.2, 0.25) is 0 Å². The first-order valence-corrected chi connectivity index (χ1v) is 13.6. The van der Waals surface area contributed by atoms with Gasteiger partial charge in [-0.05, 0) is 99.2 Å². The van der Waals surface area contributed by atoms with Gasteiger partial charge in [0, 0.05) is 34.6 Å². The average molecular weight is 574 g/mol. The topological polar surface area (TPSA) is 81.7 Å². The molecule has 1 amide bonds. The van der Waals surface area contributed by atoms with Gasteiger partial charge in [0.15, 0.2) is 11.5 Å². The van der Waals surface area contributed by atoms with Crippen LogP contribution in [0, 0.1) is 0 Å². The van der Waals surface area contributed by atoms with Gasteiger partial charge in [-0.2, -0.15) is 0 Å². The van der Waals surface area contributed by atoms with Gasteiger partial charge in [-0.3, -0.25) is 9.78 Å². The van der Waals surface area contributed by atoms with Crippen LogP contribution in [-0.4, -0.2) is 31.2 Å². The number of amides is 1. The summed E-state index contributed by atoms with van der Waals surface area (Å²) in [4.78, 5) is 17.8. The number of carbonyl (C=O) groups is 1. The highest BCUT2D eigenvalue weighted by atomic mass is 35.5. The third-order valence-electron chi connectivity index (χ3n) is 6.86. The number of carbonyl (C=O) groups excluding carboxylic acids is 1. The average Bonchev–Trinajstić information content (AvgIpc) is 2.96. The molecule has 0 spiro atoms. The molecule has 214 valence electrons. The lowest BCUT2D eigenvalue weighted by molar-refractivity contribution is -0.111. The largest absolute Gasteiger partial charge is 0.493 e. The van der Waals surface area contributed by atoms with Crippen LogP contribution in [0.25, 0.3) is 17.0 Å². The fraction of sp³-hybridized carbons (Fsp3) is 0.273. The van der Waals surface area contributed by atoms with Crippen molar-refractivity contribution in [3.05, 3.63) is 83.6 Å². The van der Waals surface area contributed by atoms with Crippen LogP contribution >= 0.6 is 12.4 Å². The Morgan fingerprint density at radius 2 is 1.63 bits per heavy atom. The second kappa shape index (κ2) is 13.4. The van der Waals surface area contributed by atoms with Gasteiger partial charge in [-0.15, -0.1) is 12.4 Å². The molecule has 5 rings (SSSR count). The van der Waals surface area contributed by atoms with Crippen molar-refractivity contribution in [1.82, 2.24) is 4.98 Å². The van der Waals surface area contributed by atoms with Crippen LogP contribution in [0.5, 0.6) is 17.2 Å². The van der Waals surface area contributed by atoms with Gasteiger partial charge in [-0.1, -0.05) is 12.1 Å². The Hall–Kier alpha value is -4.23. The highest BCUT2D eigenvalue weighted by Crippen LogP contribution is 2.38. The summed E-state index contributed by atoms with van der Waals surface area (Å²) in [5.74, 6) is 1.93. The first kappa shape index (κ1) is 29.7. The second-order valence-corrected chi connectivity index (χ2v) is 10.1. The highest BCUT2D eigenvalue weighted by molar-refractivity contribution is 6.04. The number of hydrogen-bond donors (Lipinski definition) is 2. The van der Waals surface area contributed by atoms with Gasteiger partial charge in [0.25, 0.3) is 0 Å². The summed E-state index contributed by atoms with van der Waals surface area (Å²) in [5.41, 5.74) is 6.77. The maximum Gasteiger partial charge on any atom is 0.248 e. The molecule has 0 bridgehead atoms. The van der Waals surface area contributed by atoms with Crippen molar-refractivity contribution in [3.63, 3.8) is 0 Å². The predicted molar refractivity (Wildman–Crippen MR) is 168 cm³/mol. The number of nitrogens with zero attached hydrogens (tertiary/aromatic N) is 1. The van der Waals surface area contributed by atoms with Gasteiger partial charge >= 0.3 is 0 Å². The molecule has 1 aromatic heterocycles. The minimum Gasteiger partial charge on any atom is -0.493 e. The van der Waals surface area contributed by atoms with E-state index in [-0.39, 0.29) is 24.4 Å². The summed E-state index contributed by atoms with van der Waals surface area (Å²) in [5, 5.41) is 7.59. The number of ether oxygens (including phenoxy) is 3. The maximum absolute atomic E-state index is 12.8. The maximum atomic E-state index is 12.8. The lowest BCUT2D eigenvalue weighted by Gasteiger charge is -2.22. The van der Waals surface area contributed by atoms with Crippen LogP contribution in [-0.2, 0) is 17.6 Å². The molecule has 0 saturated heterocycles. The van der Waals surface area contributed by atoms with E-state index in [9.17, 15) is 4.79 Å². The van der Waals surface area contributed by atoms with Crippen molar-refractivity contribution < 1.29 is 19.0 Å². The number of rotatable bonds is 9. The monoisotopic (exact) mass is 573 g/mol. The fourth-order valence-corrected chi connectivity index (χ4v) is 4.99. The first-order chi connectivity index (χ1) is 19.4. The van der Waals surface area contributed by atoms with E-state index >= 15 is 0 Å². The normalized spacial score (nSPS) is 12.5. The van der Waals surface area contributed by atoms with E-state index in [1.165, 1.54) is 11.6 Å². The quantitative estimate of drug-likeness (QED) is 0.199. The number of fused-ring (bicyclic) bond motifs is 2. The van der Waals surface area contributed by atoms with Crippen LogP contribution in [0.3, 0.4) is 0 Å². The molecule has 0 unspecified atom stereocenters. The van der Waals surface area contributed by atoms with Crippen LogP contribution in [0.15, 0.2) is 66.7 Å². The number of nitrogens with one attached hydrogen (secondary N) is 2. The molecular formula is C33H36ClN3O4. The van der Waals surface area contributed by atoms with E-state index < -0.39 is 0 Å². The molecular weight excluding hydrogens is 538 g/mol. The Morgan fingerprint density at radius 1 is 0.902 bits per heavy atom. The van der Waals surface area contributed by atoms with E-state index in [1.54, 1.807) is 20.3 Å². The van der Waals surface area contributed by atoms with E-state index in [1.807, 2.05) is 74.5 Å². The van der Waals surface area contributed by atoms with Crippen molar-refractivity contribution in [2.45, 2.75) is 45.6 Å². The van der Waals surface area contributed by atoms with Gasteiger partial charge in [0.05, 0.1) is 31.5 Å². The van der Waals surface area contributed by atoms with E-state index in [4.69, 9.17) is 19.2 Å². The zero-order valence-electron chi connectivity index (χ0n) is 23.8. The zero-order valence-corrected chi connectivity index (χ0v) is 24.6. The number of methoxy groups -OCH3 is 2. The van der Waals surface area contributed by atoms with Crippen molar-refractivity contribution in [2.75, 3.05) is 24.9 Å². The summed E-state index contributed by atoms with van der Waals surface area (Å²) in [7, 11) is 3.26. The SMILES string of the molecule is COc1ccc(Nc2c3c(nc4ccc(NC(=O)C=Cc5ccc(OC(C)C)cc5)cc24)CCCC3)cc1OC.Cl. The van der Waals surface area contributed by atoms with Crippen LogP contribution in [0.1, 0.15) is 43.5 Å². The molecule has 0 radical (unpaired) electrons. The summed E-state index contributed by atoms with van der Waals surface area (Å²) >= 11 is 0. The first-order valence-electron chi connectivity index (χ1n) is 13.6. The summed E-state index contributed by atoms with van der Waals surface area (Å²) in [6.45, 7) is 3.98. The van der Waals surface area contributed by atoms with Crippen molar-refractivity contribution in [3.8, 4) is 17.2 Å². The zero-order chi connectivity index (χ0) is 28.1. The minimum atomic E-state index is -0.206. The predicted octanol–water partition coefficient (Wildman–Crippen LogP) is 7.74.